The smallest absolute Gasteiger partial charge is 0.337 e. The van der Waals surface area contributed by atoms with Gasteiger partial charge in [0.2, 0.25) is 0 Å². The van der Waals surface area contributed by atoms with Crippen LogP contribution in [-0.4, -0.2) is 37.4 Å². The van der Waals surface area contributed by atoms with Gasteiger partial charge in [0.1, 0.15) is 0 Å². The van der Waals surface area contributed by atoms with E-state index in [9.17, 15) is 18.4 Å². The predicted molar refractivity (Wildman–Crippen MR) is 71.4 cm³/mol. The highest BCUT2D eigenvalue weighted by Crippen LogP contribution is 2.20. The largest absolute Gasteiger partial charge is 0.478 e. The summed E-state index contributed by atoms with van der Waals surface area (Å²) >= 11 is 0. The highest BCUT2D eigenvalue weighted by atomic mass is 19.2. The van der Waals surface area contributed by atoms with Gasteiger partial charge in [-0.15, -0.1) is 0 Å². The summed E-state index contributed by atoms with van der Waals surface area (Å²) in [6.45, 7) is 2.56. The van der Waals surface area contributed by atoms with Gasteiger partial charge in [0, 0.05) is 19.7 Å². The molecule has 0 saturated carbocycles. The molecule has 1 unspecified atom stereocenters. The minimum Gasteiger partial charge on any atom is -0.478 e. The average molecular weight is 302 g/mol. The second-order valence-electron chi connectivity index (χ2n) is 4.51. The topological polar surface area (TPSA) is 87.7 Å². The molecule has 1 aromatic rings. The fraction of sp³-hybridized carbons (Fsp3) is 0.385. The first-order valence-electron chi connectivity index (χ1n) is 6.11. The third-order valence-electron chi connectivity index (χ3n) is 2.60. The Balaban J connectivity index is 2.76. The van der Waals surface area contributed by atoms with Crippen LogP contribution in [0.4, 0.5) is 19.3 Å². The number of carbonyl (C=O) groups excluding carboxylic acids is 1. The summed E-state index contributed by atoms with van der Waals surface area (Å²) in [6, 6.07) is 0.420. The molecule has 116 valence electrons. The standard InChI is InChI=1S/C13H16F2N2O4/c1-7(6-21-2)5-16-13(20)17-11-4-10(15)9(14)3-8(11)12(18)19/h3-4,7H,5-6H2,1-2H3,(H,18,19)(H2,16,17,20). The highest BCUT2D eigenvalue weighted by Gasteiger charge is 2.17. The zero-order chi connectivity index (χ0) is 16.0. The van der Waals surface area contributed by atoms with Crippen molar-refractivity contribution < 1.29 is 28.2 Å². The number of carboxylic acid groups (broad SMARTS) is 1. The van der Waals surface area contributed by atoms with Gasteiger partial charge in [0.15, 0.2) is 11.6 Å². The first-order valence-corrected chi connectivity index (χ1v) is 6.11. The minimum atomic E-state index is -1.48. The Hall–Kier alpha value is -2.22. The van der Waals surface area contributed by atoms with E-state index in [4.69, 9.17) is 9.84 Å². The lowest BCUT2D eigenvalue weighted by Gasteiger charge is -2.13. The maximum absolute atomic E-state index is 13.1. The number of nitrogens with one attached hydrogen (secondary N) is 2. The van der Waals surface area contributed by atoms with Gasteiger partial charge < -0.3 is 20.5 Å². The first-order chi connectivity index (χ1) is 9.85. The number of carboxylic acids is 1. The first kappa shape index (κ1) is 16.8. The number of urea groups is 1. The number of hydrogen-bond acceptors (Lipinski definition) is 3. The summed E-state index contributed by atoms with van der Waals surface area (Å²) in [4.78, 5) is 22.6. The molecule has 2 amide bonds. The van der Waals surface area contributed by atoms with Gasteiger partial charge in [-0.25, -0.2) is 18.4 Å². The van der Waals surface area contributed by atoms with E-state index in [0.717, 1.165) is 0 Å². The van der Waals surface area contributed by atoms with E-state index in [2.05, 4.69) is 10.6 Å². The number of hydrogen-bond donors (Lipinski definition) is 3. The van der Waals surface area contributed by atoms with Crippen LogP contribution in [0.15, 0.2) is 12.1 Å². The van der Waals surface area contributed by atoms with Crippen molar-refractivity contribution in [2.75, 3.05) is 25.6 Å². The second-order valence-corrected chi connectivity index (χ2v) is 4.51. The van der Waals surface area contributed by atoms with Crippen LogP contribution in [-0.2, 0) is 4.74 Å². The van der Waals surface area contributed by atoms with Crippen LogP contribution in [0, 0.1) is 17.6 Å². The Kier molecular flexibility index (Phi) is 6.04. The monoisotopic (exact) mass is 302 g/mol. The van der Waals surface area contributed by atoms with E-state index in [0.29, 0.717) is 18.7 Å². The molecule has 6 nitrogen and oxygen atoms in total. The summed E-state index contributed by atoms with van der Waals surface area (Å²) in [5.41, 5.74) is -0.854. The molecule has 0 aromatic heterocycles. The van der Waals surface area contributed by atoms with Gasteiger partial charge in [-0.3, -0.25) is 0 Å². The van der Waals surface area contributed by atoms with Crippen LogP contribution in [0.25, 0.3) is 0 Å². The number of benzene rings is 1. The molecular weight excluding hydrogens is 286 g/mol. The molecule has 8 heteroatoms. The van der Waals surface area contributed by atoms with Gasteiger partial charge >= 0.3 is 12.0 Å². The van der Waals surface area contributed by atoms with Crippen LogP contribution in [0.1, 0.15) is 17.3 Å². The molecule has 0 radical (unpaired) electrons. The van der Waals surface area contributed by atoms with Crippen molar-refractivity contribution in [3.8, 4) is 0 Å². The molecule has 0 spiro atoms. The van der Waals surface area contributed by atoms with Crippen LogP contribution in [0.5, 0.6) is 0 Å². The molecule has 1 atom stereocenters. The lowest BCUT2D eigenvalue weighted by molar-refractivity contribution is 0.0697. The van der Waals surface area contributed by atoms with Gasteiger partial charge in [-0.05, 0) is 12.0 Å². The molecule has 0 bridgehead atoms. The highest BCUT2D eigenvalue weighted by molar-refractivity contribution is 6.00. The second kappa shape index (κ2) is 7.53. The van der Waals surface area contributed by atoms with Crippen LogP contribution < -0.4 is 10.6 Å². The molecule has 1 aromatic carbocycles. The minimum absolute atomic E-state index is 0.0460. The summed E-state index contributed by atoms with van der Waals surface area (Å²) in [6.07, 6.45) is 0. The SMILES string of the molecule is COCC(C)CNC(=O)Nc1cc(F)c(F)cc1C(=O)O. The lowest BCUT2D eigenvalue weighted by Crippen LogP contribution is -2.34. The molecule has 0 saturated heterocycles. The zero-order valence-corrected chi connectivity index (χ0v) is 11.6. The van der Waals surface area contributed by atoms with Crippen molar-refractivity contribution in [1.29, 1.82) is 0 Å². The number of anilines is 1. The third-order valence-corrected chi connectivity index (χ3v) is 2.60. The average Bonchev–Trinajstić information content (AvgIpc) is 2.40. The van der Waals surface area contributed by atoms with Crippen molar-refractivity contribution in [1.82, 2.24) is 5.32 Å². The molecule has 1 rings (SSSR count). The Bertz CT molecular complexity index is 537. The van der Waals surface area contributed by atoms with E-state index >= 15 is 0 Å². The number of aromatic carboxylic acids is 1. The predicted octanol–water partition coefficient (Wildman–Crippen LogP) is 2.07. The number of halogens is 2. The third kappa shape index (κ3) is 4.99. The summed E-state index contributed by atoms with van der Waals surface area (Å²) in [5, 5.41) is 13.6. The Morgan fingerprint density at radius 1 is 1.33 bits per heavy atom. The number of ether oxygens (including phenoxy) is 1. The van der Waals surface area contributed by atoms with Crippen molar-refractivity contribution in [2.45, 2.75) is 6.92 Å². The van der Waals surface area contributed by atoms with Gasteiger partial charge in [0.25, 0.3) is 0 Å². The number of amides is 2. The molecule has 3 N–H and O–H groups in total. The van der Waals surface area contributed by atoms with E-state index in [1.807, 2.05) is 6.92 Å². The van der Waals surface area contributed by atoms with Gasteiger partial charge in [0.05, 0.1) is 17.9 Å². The van der Waals surface area contributed by atoms with Gasteiger partial charge in [-0.2, -0.15) is 0 Å². The quantitative estimate of drug-likeness (QED) is 0.750. The van der Waals surface area contributed by atoms with Crippen LogP contribution in [0.2, 0.25) is 0 Å². The van der Waals surface area contributed by atoms with E-state index in [1.54, 1.807) is 0 Å². The summed E-state index contributed by atoms with van der Waals surface area (Å²) < 4.78 is 31.0. The Labute approximate surface area is 120 Å². The molecule has 0 aliphatic rings. The number of rotatable bonds is 6. The molecule has 0 aliphatic carbocycles. The fourth-order valence-electron chi connectivity index (χ4n) is 1.60. The van der Waals surface area contributed by atoms with E-state index in [1.165, 1.54) is 7.11 Å². The van der Waals surface area contributed by atoms with Crippen molar-refractivity contribution in [3.05, 3.63) is 29.3 Å². The molecule has 21 heavy (non-hydrogen) atoms. The van der Waals surface area contributed by atoms with Gasteiger partial charge in [-0.1, -0.05) is 6.92 Å². The molecule has 0 fully saturated rings. The summed E-state index contributed by atoms with van der Waals surface area (Å²) in [7, 11) is 1.52. The lowest BCUT2D eigenvalue weighted by atomic mass is 10.1. The molecule has 0 aliphatic heterocycles. The number of carbonyl (C=O) groups is 2. The number of methoxy groups -OCH3 is 1. The van der Waals surface area contributed by atoms with Crippen molar-refractivity contribution in [3.63, 3.8) is 0 Å². The van der Waals surface area contributed by atoms with Crippen LogP contribution in [0.3, 0.4) is 0 Å². The molecule has 0 heterocycles. The Morgan fingerprint density at radius 3 is 2.52 bits per heavy atom. The van der Waals surface area contributed by atoms with E-state index < -0.39 is 29.2 Å². The van der Waals surface area contributed by atoms with Crippen molar-refractivity contribution in [2.24, 2.45) is 5.92 Å². The summed E-state index contributed by atoms with van der Waals surface area (Å²) in [5.74, 6) is -3.98. The maximum Gasteiger partial charge on any atom is 0.337 e. The van der Waals surface area contributed by atoms with Crippen LogP contribution >= 0.6 is 0 Å². The molecular formula is C13H16F2N2O4. The fourth-order valence-corrected chi connectivity index (χ4v) is 1.60. The van der Waals surface area contributed by atoms with E-state index in [-0.39, 0.29) is 18.2 Å². The maximum atomic E-state index is 13.1. The van der Waals surface area contributed by atoms with Crippen molar-refractivity contribution >= 4 is 17.7 Å². The Morgan fingerprint density at radius 2 is 1.95 bits per heavy atom. The normalized spacial score (nSPS) is 11.8. The zero-order valence-electron chi connectivity index (χ0n) is 11.6.